The van der Waals surface area contributed by atoms with E-state index in [9.17, 15) is 14.7 Å². The minimum atomic E-state index is -1.35. The third-order valence-electron chi connectivity index (χ3n) is 3.79. The molecule has 1 aliphatic heterocycles. The summed E-state index contributed by atoms with van der Waals surface area (Å²) >= 11 is 6.15. The van der Waals surface area contributed by atoms with Gasteiger partial charge in [0.25, 0.3) is 5.91 Å². The maximum Gasteiger partial charge on any atom is 0.266 e. The van der Waals surface area contributed by atoms with E-state index in [4.69, 9.17) is 16.6 Å². The number of furan rings is 1. The fraction of sp³-hybridized carbons (Fsp3) is 0.167. The molecule has 1 atom stereocenters. The molecule has 7 heteroatoms. The lowest BCUT2D eigenvalue weighted by molar-refractivity contribution is -0.309. The number of carbonyl (C=O) groups excluding carboxylic acids is 2. The second kappa shape index (κ2) is 6.85. The molecular weight excluding hydrogens is 358 g/mol. The molecule has 1 amide bonds. The van der Waals surface area contributed by atoms with E-state index in [0.29, 0.717) is 16.4 Å². The molecule has 0 bridgehead atoms. The molecule has 0 spiro atoms. The summed E-state index contributed by atoms with van der Waals surface area (Å²) in [5.74, 6) is -0.626. The lowest BCUT2D eigenvalue weighted by Gasteiger charge is -2.23. The molecule has 0 radical (unpaired) electrons. The van der Waals surface area contributed by atoms with Crippen molar-refractivity contribution in [1.29, 1.82) is 0 Å². The first-order chi connectivity index (χ1) is 11.9. The lowest BCUT2D eigenvalue weighted by atomic mass is 10.1. The van der Waals surface area contributed by atoms with Gasteiger partial charge in [-0.3, -0.25) is 9.69 Å². The van der Waals surface area contributed by atoms with Crippen molar-refractivity contribution in [1.82, 2.24) is 4.90 Å². The Kier molecular flexibility index (Phi) is 4.78. The predicted octanol–water partition coefficient (Wildman–Crippen LogP) is 2.59. The number of hydrogen-bond acceptors (Lipinski definition) is 6. The number of carboxylic acid groups (broad SMARTS) is 1. The predicted molar refractivity (Wildman–Crippen MR) is 98.4 cm³/mol. The summed E-state index contributed by atoms with van der Waals surface area (Å²) in [4.78, 5) is 24.8. The Hall–Kier alpha value is -2.38. The van der Waals surface area contributed by atoms with Crippen molar-refractivity contribution < 1.29 is 19.1 Å². The third kappa shape index (κ3) is 3.52. The van der Waals surface area contributed by atoms with Crippen LogP contribution in [0.5, 0.6) is 0 Å². The van der Waals surface area contributed by atoms with Crippen LogP contribution in [0.2, 0.25) is 0 Å². The number of amides is 1. The van der Waals surface area contributed by atoms with Crippen molar-refractivity contribution in [3.8, 4) is 11.3 Å². The molecule has 0 aliphatic carbocycles. The molecule has 2 aromatic rings. The van der Waals surface area contributed by atoms with Crippen molar-refractivity contribution in [2.24, 2.45) is 0 Å². The number of rotatable bonds is 4. The van der Waals surface area contributed by atoms with Crippen LogP contribution in [0.1, 0.15) is 18.2 Å². The SMILES string of the molecule is Cc1ccc(-c2ccc(/C=C3/SC(=S)N([C@@H](C)C(=O)[O-])C3=O)o2)cc1. The number of aliphatic carboxylic acids is 1. The highest BCUT2D eigenvalue weighted by Crippen LogP contribution is 2.34. The van der Waals surface area contributed by atoms with Gasteiger partial charge < -0.3 is 14.3 Å². The van der Waals surface area contributed by atoms with Crippen LogP contribution in [0, 0.1) is 6.92 Å². The molecule has 2 heterocycles. The van der Waals surface area contributed by atoms with Gasteiger partial charge in [-0.1, -0.05) is 53.8 Å². The van der Waals surface area contributed by atoms with E-state index in [1.54, 1.807) is 12.1 Å². The van der Waals surface area contributed by atoms with E-state index in [2.05, 4.69) is 0 Å². The van der Waals surface area contributed by atoms with Crippen molar-refractivity contribution >= 4 is 46.3 Å². The Morgan fingerprint density at radius 2 is 1.96 bits per heavy atom. The third-order valence-corrected chi connectivity index (χ3v) is 5.12. The highest BCUT2D eigenvalue weighted by molar-refractivity contribution is 8.26. The normalized spacial score (nSPS) is 17.4. The Morgan fingerprint density at radius 3 is 2.60 bits per heavy atom. The van der Waals surface area contributed by atoms with Crippen LogP contribution in [0.25, 0.3) is 17.4 Å². The maximum atomic E-state index is 12.4. The second-order valence-corrected chi connectivity index (χ2v) is 7.29. The molecule has 1 fully saturated rings. The molecular formula is C18H14NO4S2-. The Morgan fingerprint density at radius 1 is 1.28 bits per heavy atom. The highest BCUT2D eigenvalue weighted by Gasteiger charge is 2.36. The van der Waals surface area contributed by atoms with Crippen LogP contribution >= 0.6 is 24.0 Å². The fourth-order valence-corrected chi connectivity index (χ4v) is 3.75. The van der Waals surface area contributed by atoms with E-state index >= 15 is 0 Å². The topological polar surface area (TPSA) is 73.6 Å². The van der Waals surface area contributed by atoms with Gasteiger partial charge in [0.15, 0.2) is 0 Å². The van der Waals surface area contributed by atoms with Crippen LogP contribution in [0.3, 0.4) is 0 Å². The van der Waals surface area contributed by atoms with Crippen LogP contribution in [-0.2, 0) is 9.59 Å². The fourth-order valence-electron chi connectivity index (χ4n) is 2.35. The molecule has 25 heavy (non-hydrogen) atoms. The number of carboxylic acids is 1. The largest absolute Gasteiger partial charge is 0.548 e. The zero-order valence-corrected chi connectivity index (χ0v) is 15.1. The van der Waals surface area contributed by atoms with Crippen molar-refractivity contribution in [3.05, 3.63) is 52.6 Å². The number of hydrogen-bond donors (Lipinski definition) is 0. The zero-order valence-electron chi connectivity index (χ0n) is 13.5. The number of thioether (sulfide) groups is 1. The monoisotopic (exact) mass is 372 g/mol. The summed E-state index contributed by atoms with van der Waals surface area (Å²) in [5, 5.41) is 11.0. The average Bonchev–Trinajstić information content (AvgIpc) is 3.13. The van der Waals surface area contributed by atoms with Crippen LogP contribution < -0.4 is 5.11 Å². The standard InChI is InChI=1S/C18H15NO4S2/c1-10-3-5-12(6-4-10)14-8-7-13(23-14)9-15-16(20)19(18(24)25-15)11(2)17(21)22/h3-9,11H,1-2H3,(H,21,22)/p-1/b15-9+/t11-/m0/s1. The van der Waals surface area contributed by atoms with Crippen LogP contribution in [-0.4, -0.2) is 27.1 Å². The summed E-state index contributed by atoms with van der Waals surface area (Å²) in [7, 11) is 0. The van der Waals surface area contributed by atoms with Gasteiger partial charge in [0, 0.05) is 11.6 Å². The summed E-state index contributed by atoms with van der Waals surface area (Å²) in [6, 6.07) is 10.4. The van der Waals surface area contributed by atoms with Gasteiger partial charge in [-0.15, -0.1) is 0 Å². The lowest BCUT2D eigenvalue weighted by Crippen LogP contribution is -2.48. The van der Waals surface area contributed by atoms with Crippen LogP contribution in [0.4, 0.5) is 0 Å². The van der Waals surface area contributed by atoms with Gasteiger partial charge in [0.05, 0.1) is 16.9 Å². The minimum Gasteiger partial charge on any atom is -0.548 e. The molecule has 1 saturated heterocycles. The Labute approximate surface area is 154 Å². The number of thiocarbonyl (C=S) groups is 1. The van der Waals surface area contributed by atoms with E-state index in [1.807, 2.05) is 37.3 Å². The van der Waals surface area contributed by atoms with E-state index in [-0.39, 0.29) is 4.32 Å². The second-order valence-electron chi connectivity index (χ2n) is 5.61. The minimum absolute atomic E-state index is 0.193. The highest BCUT2D eigenvalue weighted by atomic mass is 32.2. The van der Waals surface area contributed by atoms with Gasteiger partial charge >= 0.3 is 0 Å². The molecule has 128 valence electrons. The average molecular weight is 372 g/mol. The van der Waals surface area contributed by atoms with Gasteiger partial charge in [-0.05, 0) is 26.0 Å². The molecule has 1 aromatic heterocycles. The molecule has 0 N–H and O–H groups in total. The first-order valence-electron chi connectivity index (χ1n) is 7.51. The van der Waals surface area contributed by atoms with Crippen LogP contribution in [0.15, 0.2) is 45.7 Å². The molecule has 1 aliphatic rings. The number of nitrogens with zero attached hydrogens (tertiary/aromatic N) is 1. The van der Waals surface area contributed by atoms with E-state index in [1.165, 1.54) is 6.92 Å². The Balaban J connectivity index is 1.84. The van der Waals surface area contributed by atoms with E-state index < -0.39 is 17.9 Å². The van der Waals surface area contributed by atoms with Gasteiger partial charge in [-0.2, -0.15) is 0 Å². The first-order valence-corrected chi connectivity index (χ1v) is 8.74. The molecule has 0 saturated carbocycles. The quantitative estimate of drug-likeness (QED) is 0.607. The number of benzene rings is 1. The molecule has 5 nitrogen and oxygen atoms in total. The summed E-state index contributed by atoms with van der Waals surface area (Å²) < 4.78 is 5.96. The summed E-state index contributed by atoms with van der Waals surface area (Å²) in [6.07, 6.45) is 1.57. The number of carbonyl (C=O) groups is 2. The van der Waals surface area contributed by atoms with Gasteiger partial charge in [0.1, 0.15) is 15.8 Å². The summed E-state index contributed by atoms with van der Waals surface area (Å²) in [6.45, 7) is 3.37. The first kappa shape index (κ1) is 17.4. The number of aryl methyl sites for hydroxylation is 1. The molecule has 0 unspecified atom stereocenters. The van der Waals surface area contributed by atoms with Crippen molar-refractivity contribution in [2.45, 2.75) is 19.9 Å². The zero-order chi connectivity index (χ0) is 18.1. The smallest absolute Gasteiger partial charge is 0.266 e. The Bertz CT molecular complexity index is 883. The van der Waals surface area contributed by atoms with E-state index in [0.717, 1.165) is 27.8 Å². The van der Waals surface area contributed by atoms with Gasteiger partial charge in [0.2, 0.25) is 0 Å². The molecule has 3 rings (SSSR count). The summed E-state index contributed by atoms with van der Waals surface area (Å²) in [5.41, 5.74) is 2.09. The van der Waals surface area contributed by atoms with Crippen molar-refractivity contribution in [3.63, 3.8) is 0 Å². The van der Waals surface area contributed by atoms with Crippen molar-refractivity contribution in [2.75, 3.05) is 0 Å². The molecule has 1 aromatic carbocycles. The van der Waals surface area contributed by atoms with Gasteiger partial charge in [-0.25, -0.2) is 0 Å². The maximum absolute atomic E-state index is 12.4.